The molecule has 8 heteroatoms. The molecule has 8 nitrogen and oxygen atoms in total. The second-order valence-electron chi connectivity index (χ2n) is 8.66. The Morgan fingerprint density at radius 2 is 1.79 bits per heavy atom. The van der Waals surface area contributed by atoms with Crippen LogP contribution in [0.4, 0.5) is 11.5 Å². The van der Waals surface area contributed by atoms with E-state index in [1.807, 2.05) is 42.5 Å². The summed E-state index contributed by atoms with van der Waals surface area (Å²) < 4.78 is 6.33. The highest BCUT2D eigenvalue weighted by molar-refractivity contribution is 6.03. The van der Waals surface area contributed by atoms with Gasteiger partial charge in [-0.15, -0.1) is 5.10 Å². The molecule has 174 valence electrons. The van der Waals surface area contributed by atoms with Gasteiger partial charge in [0.25, 0.3) is 0 Å². The van der Waals surface area contributed by atoms with Crippen LogP contribution in [0, 0.1) is 5.92 Å². The minimum Gasteiger partial charge on any atom is -0.478 e. The molecule has 34 heavy (non-hydrogen) atoms. The molecule has 2 aliphatic heterocycles. The number of rotatable bonds is 7. The molecule has 5 rings (SSSR count). The fourth-order valence-electron chi connectivity index (χ4n) is 4.57. The number of carbonyl (C=O) groups excluding carboxylic acids is 2. The van der Waals surface area contributed by atoms with Gasteiger partial charge < -0.3 is 15.4 Å². The fourth-order valence-corrected chi connectivity index (χ4v) is 4.57. The zero-order chi connectivity index (χ0) is 23.4. The number of nitrogens with one attached hydrogen (secondary N) is 2. The second-order valence-corrected chi connectivity index (χ2v) is 8.66. The van der Waals surface area contributed by atoms with Crippen molar-refractivity contribution in [3.8, 4) is 5.75 Å². The molecule has 0 radical (unpaired) electrons. The quantitative estimate of drug-likeness (QED) is 0.527. The van der Waals surface area contributed by atoms with Crippen LogP contribution in [0.3, 0.4) is 0 Å². The monoisotopic (exact) mass is 457 g/mol. The standard InChI is InChI=1S/C26H27N5O3/c32-24(19-5-2-1-3-6-19)26(13-16-28-18-26)34-22-10-8-21(9-11-22)31(23-7-4-14-29-30-23)25(33)20-12-15-27-17-20/h1-11,14,20,27-28H,12-13,15-18H2/t20-,26+/m0/s1. The molecule has 1 aromatic heterocycles. The third-order valence-corrected chi connectivity index (χ3v) is 6.39. The Labute approximate surface area is 198 Å². The molecule has 2 aromatic carbocycles. The molecule has 1 amide bonds. The average molecular weight is 458 g/mol. The van der Waals surface area contributed by atoms with Gasteiger partial charge in [0.15, 0.2) is 11.4 Å². The first-order valence-electron chi connectivity index (χ1n) is 11.6. The average Bonchev–Trinajstić information content (AvgIpc) is 3.59. The lowest BCUT2D eigenvalue weighted by molar-refractivity contribution is -0.121. The Morgan fingerprint density at radius 1 is 0.971 bits per heavy atom. The number of anilines is 2. The maximum Gasteiger partial charge on any atom is 0.237 e. The maximum atomic E-state index is 13.3. The van der Waals surface area contributed by atoms with E-state index in [-0.39, 0.29) is 17.6 Å². The van der Waals surface area contributed by atoms with Gasteiger partial charge in [0.05, 0.1) is 11.6 Å². The largest absolute Gasteiger partial charge is 0.478 e. The Hall–Kier alpha value is -3.62. The van der Waals surface area contributed by atoms with Crippen LogP contribution in [0.25, 0.3) is 0 Å². The Morgan fingerprint density at radius 3 is 2.44 bits per heavy atom. The summed E-state index contributed by atoms with van der Waals surface area (Å²) in [7, 11) is 0. The molecule has 0 saturated carbocycles. The predicted octanol–water partition coefficient (Wildman–Crippen LogP) is 2.74. The van der Waals surface area contributed by atoms with E-state index in [0.717, 1.165) is 13.0 Å². The molecular weight excluding hydrogens is 430 g/mol. The van der Waals surface area contributed by atoms with Crippen LogP contribution in [-0.4, -0.2) is 53.7 Å². The van der Waals surface area contributed by atoms with Crippen LogP contribution in [0.5, 0.6) is 5.75 Å². The number of ketones is 1. The van der Waals surface area contributed by atoms with E-state index in [0.29, 0.717) is 48.9 Å². The number of benzene rings is 2. The molecule has 0 aliphatic carbocycles. The van der Waals surface area contributed by atoms with Crippen molar-refractivity contribution in [1.29, 1.82) is 0 Å². The molecule has 2 saturated heterocycles. The minimum atomic E-state index is -0.960. The van der Waals surface area contributed by atoms with E-state index in [4.69, 9.17) is 4.74 Å². The Bertz CT molecular complexity index is 1130. The highest BCUT2D eigenvalue weighted by atomic mass is 16.5. The van der Waals surface area contributed by atoms with Gasteiger partial charge in [-0.25, -0.2) is 0 Å². The lowest BCUT2D eigenvalue weighted by Crippen LogP contribution is -2.46. The summed E-state index contributed by atoms with van der Waals surface area (Å²) >= 11 is 0. The van der Waals surface area contributed by atoms with Gasteiger partial charge in [-0.3, -0.25) is 14.5 Å². The second kappa shape index (κ2) is 9.70. The number of aromatic nitrogens is 2. The molecule has 0 unspecified atom stereocenters. The van der Waals surface area contributed by atoms with Crippen molar-refractivity contribution in [3.05, 3.63) is 78.5 Å². The molecule has 2 atom stereocenters. The third kappa shape index (κ3) is 4.42. The van der Waals surface area contributed by atoms with Gasteiger partial charge in [0, 0.05) is 31.3 Å². The third-order valence-electron chi connectivity index (χ3n) is 6.39. The number of amides is 1. The van der Waals surface area contributed by atoms with E-state index in [1.165, 1.54) is 0 Å². The van der Waals surface area contributed by atoms with Gasteiger partial charge in [0.1, 0.15) is 5.75 Å². The van der Waals surface area contributed by atoms with Gasteiger partial charge in [0.2, 0.25) is 11.7 Å². The van der Waals surface area contributed by atoms with Gasteiger partial charge in [-0.05, 0) is 55.9 Å². The number of carbonyl (C=O) groups is 2. The normalized spacial score (nSPS) is 21.8. The summed E-state index contributed by atoms with van der Waals surface area (Å²) in [5, 5.41) is 14.6. The van der Waals surface area contributed by atoms with Crippen LogP contribution < -0.4 is 20.3 Å². The van der Waals surface area contributed by atoms with Crippen molar-refractivity contribution in [2.45, 2.75) is 18.4 Å². The summed E-state index contributed by atoms with van der Waals surface area (Å²) in [5.74, 6) is 0.881. The number of hydrogen-bond donors (Lipinski definition) is 2. The summed E-state index contributed by atoms with van der Waals surface area (Å²) in [6.45, 7) is 2.62. The van der Waals surface area contributed by atoms with Gasteiger partial charge >= 0.3 is 0 Å². The number of nitrogens with zero attached hydrogens (tertiary/aromatic N) is 3. The predicted molar refractivity (Wildman–Crippen MR) is 128 cm³/mol. The maximum absolute atomic E-state index is 13.3. The topological polar surface area (TPSA) is 96.5 Å². The van der Waals surface area contributed by atoms with Crippen LogP contribution in [0.2, 0.25) is 0 Å². The van der Waals surface area contributed by atoms with E-state index < -0.39 is 5.60 Å². The minimum absolute atomic E-state index is 0.0186. The molecule has 3 aromatic rings. The molecular formula is C26H27N5O3. The first-order chi connectivity index (χ1) is 16.7. The van der Waals surface area contributed by atoms with Crippen LogP contribution in [0.1, 0.15) is 23.2 Å². The number of hydrogen-bond acceptors (Lipinski definition) is 7. The zero-order valence-electron chi connectivity index (χ0n) is 18.8. The first kappa shape index (κ1) is 22.2. The molecule has 0 bridgehead atoms. The van der Waals surface area contributed by atoms with Crippen molar-refractivity contribution < 1.29 is 14.3 Å². The van der Waals surface area contributed by atoms with Crippen LogP contribution in [0.15, 0.2) is 72.9 Å². The SMILES string of the molecule is O=C([C@H]1CCNC1)N(c1ccc(O[C@]2(C(=O)c3ccccc3)CCNC2)cc1)c1cccnn1. The first-order valence-corrected chi connectivity index (χ1v) is 11.6. The van der Waals surface area contributed by atoms with Crippen molar-refractivity contribution in [2.24, 2.45) is 5.92 Å². The highest BCUT2D eigenvalue weighted by Gasteiger charge is 2.44. The number of Topliss-reactive ketones (excluding diaryl/α,β-unsaturated/α-hetero) is 1. The summed E-state index contributed by atoms with van der Waals surface area (Å²) in [6, 6.07) is 20.0. The lowest BCUT2D eigenvalue weighted by atomic mass is 9.91. The summed E-state index contributed by atoms with van der Waals surface area (Å²) in [4.78, 5) is 28.3. The van der Waals surface area contributed by atoms with Crippen molar-refractivity contribution in [3.63, 3.8) is 0 Å². The van der Waals surface area contributed by atoms with Gasteiger partial charge in [-0.2, -0.15) is 5.10 Å². The van der Waals surface area contributed by atoms with Crippen LogP contribution >= 0.6 is 0 Å². The van der Waals surface area contributed by atoms with Crippen molar-refractivity contribution >= 4 is 23.2 Å². The number of ether oxygens (including phenoxy) is 1. The smallest absolute Gasteiger partial charge is 0.237 e. The van der Waals surface area contributed by atoms with E-state index in [2.05, 4.69) is 20.8 Å². The van der Waals surface area contributed by atoms with E-state index in [9.17, 15) is 9.59 Å². The Balaban J connectivity index is 1.41. The highest BCUT2D eigenvalue weighted by Crippen LogP contribution is 2.32. The fraction of sp³-hybridized carbons (Fsp3) is 0.308. The zero-order valence-corrected chi connectivity index (χ0v) is 18.8. The van der Waals surface area contributed by atoms with Crippen molar-refractivity contribution in [1.82, 2.24) is 20.8 Å². The molecule has 2 fully saturated rings. The summed E-state index contributed by atoms with van der Waals surface area (Å²) in [5.41, 5.74) is 0.351. The molecule has 3 heterocycles. The van der Waals surface area contributed by atoms with E-state index in [1.54, 1.807) is 35.4 Å². The van der Waals surface area contributed by atoms with Gasteiger partial charge in [-0.1, -0.05) is 30.3 Å². The molecule has 0 spiro atoms. The lowest BCUT2D eigenvalue weighted by Gasteiger charge is -2.29. The molecule has 2 aliphatic rings. The van der Waals surface area contributed by atoms with Crippen LogP contribution in [-0.2, 0) is 4.79 Å². The van der Waals surface area contributed by atoms with Crippen molar-refractivity contribution in [2.75, 3.05) is 31.1 Å². The van der Waals surface area contributed by atoms with E-state index >= 15 is 0 Å². The Kier molecular flexibility index (Phi) is 6.33. The molecule has 2 N–H and O–H groups in total. The summed E-state index contributed by atoms with van der Waals surface area (Å²) in [6.07, 6.45) is 2.95.